The highest BCUT2D eigenvalue weighted by Crippen LogP contribution is 2.24. The van der Waals surface area contributed by atoms with E-state index in [9.17, 15) is 4.79 Å². The number of guanidine groups is 1. The van der Waals surface area contributed by atoms with Gasteiger partial charge in [0, 0.05) is 13.6 Å². The Morgan fingerprint density at radius 1 is 1.52 bits per heavy atom. The SMILES string of the molecule is CCOC(=O)c1sc(C(C)NC(=NC)NCCCSC)nc1C. The van der Waals surface area contributed by atoms with Crippen LogP contribution in [0.2, 0.25) is 0 Å². The summed E-state index contributed by atoms with van der Waals surface area (Å²) in [4.78, 5) is 21.1. The Bertz CT molecular complexity index is 532. The van der Waals surface area contributed by atoms with E-state index in [4.69, 9.17) is 4.74 Å². The number of hydrogen-bond donors (Lipinski definition) is 2. The molecule has 0 saturated heterocycles. The lowest BCUT2D eigenvalue weighted by Crippen LogP contribution is -2.39. The molecular formula is C15H26N4O2S2. The van der Waals surface area contributed by atoms with Crippen molar-refractivity contribution in [1.29, 1.82) is 0 Å². The molecule has 23 heavy (non-hydrogen) atoms. The largest absolute Gasteiger partial charge is 0.462 e. The van der Waals surface area contributed by atoms with Gasteiger partial charge in [-0.2, -0.15) is 11.8 Å². The molecule has 1 aromatic heterocycles. The first-order valence-corrected chi connectivity index (χ1v) is 9.85. The van der Waals surface area contributed by atoms with Crippen LogP contribution in [0.15, 0.2) is 4.99 Å². The lowest BCUT2D eigenvalue weighted by Gasteiger charge is -2.16. The summed E-state index contributed by atoms with van der Waals surface area (Å²) >= 11 is 3.20. The van der Waals surface area contributed by atoms with Crippen molar-refractivity contribution in [2.24, 2.45) is 4.99 Å². The lowest BCUT2D eigenvalue weighted by molar-refractivity contribution is 0.0531. The van der Waals surface area contributed by atoms with Crippen LogP contribution in [-0.2, 0) is 4.74 Å². The quantitative estimate of drug-likeness (QED) is 0.322. The molecule has 0 aliphatic heterocycles. The van der Waals surface area contributed by atoms with Crippen LogP contribution < -0.4 is 10.6 Å². The van der Waals surface area contributed by atoms with Gasteiger partial charge in [-0.25, -0.2) is 9.78 Å². The standard InChI is InChI=1S/C15H26N4O2S2/c1-6-21-14(20)12-10(2)18-13(23-12)11(3)19-15(16-4)17-8-7-9-22-5/h11H,6-9H2,1-5H3,(H2,16,17,19). The molecule has 1 aromatic rings. The van der Waals surface area contributed by atoms with Gasteiger partial charge in [0.25, 0.3) is 0 Å². The molecule has 0 bridgehead atoms. The second-order valence-electron chi connectivity index (χ2n) is 4.90. The number of carbonyl (C=O) groups is 1. The molecule has 2 N–H and O–H groups in total. The number of nitrogens with zero attached hydrogens (tertiary/aromatic N) is 2. The Kier molecular flexibility index (Phi) is 9.01. The van der Waals surface area contributed by atoms with Crippen LogP contribution in [0.3, 0.4) is 0 Å². The normalized spacial score (nSPS) is 12.8. The number of nitrogens with one attached hydrogen (secondary N) is 2. The highest BCUT2D eigenvalue weighted by atomic mass is 32.2. The highest BCUT2D eigenvalue weighted by Gasteiger charge is 2.19. The Hall–Kier alpha value is -1.28. The van der Waals surface area contributed by atoms with E-state index >= 15 is 0 Å². The number of thiazole rings is 1. The van der Waals surface area contributed by atoms with Crippen molar-refractivity contribution in [3.8, 4) is 0 Å². The smallest absolute Gasteiger partial charge is 0.350 e. The molecule has 0 radical (unpaired) electrons. The van der Waals surface area contributed by atoms with Crippen LogP contribution in [0.5, 0.6) is 0 Å². The monoisotopic (exact) mass is 358 g/mol. The van der Waals surface area contributed by atoms with Gasteiger partial charge in [-0.3, -0.25) is 4.99 Å². The Labute approximate surface area is 146 Å². The molecular weight excluding hydrogens is 332 g/mol. The number of aryl methyl sites for hydroxylation is 1. The molecule has 1 unspecified atom stereocenters. The number of esters is 1. The van der Waals surface area contributed by atoms with Crippen molar-refractivity contribution in [3.63, 3.8) is 0 Å². The number of thioether (sulfide) groups is 1. The Morgan fingerprint density at radius 2 is 2.26 bits per heavy atom. The van der Waals surface area contributed by atoms with Crippen molar-refractivity contribution in [1.82, 2.24) is 15.6 Å². The van der Waals surface area contributed by atoms with Gasteiger partial charge in [0.05, 0.1) is 18.3 Å². The first kappa shape index (κ1) is 19.8. The summed E-state index contributed by atoms with van der Waals surface area (Å²) < 4.78 is 5.05. The minimum Gasteiger partial charge on any atom is -0.462 e. The van der Waals surface area contributed by atoms with Gasteiger partial charge in [-0.05, 0) is 39.2 Å². The van der Waals surface area contributed by atoms with Gasteiger partial charge in [-0.15, -0.1) is 11.3 Å². The molecule has 8 heteroatoms. The second-order valence-corrected chi connectivity index (χ2v) is 6.91. The Morgan fingerprint density at radius 3 is 2.87 bits per heavy atom. The van der Waals surface area contributed by atoms with Crippen LogP contribution in [-0.4, -0.2) is 49.1 Å². The van der Waals surface area contributed by atoms with Gasteiger partial charge in [0.2, 0.25) is 0 Å². The number of ether oxygens (including phenoxy) is 1. The molecule has 0 saturated carbocycles. The zero-order chi connectivity index (χ0) is 17.2. The zero-order valence-corrected chi connectivity index (χ0v) is 16.1. The third-order valence-electron chi connectivity index (χ3n) is 3.04. The zero-order valence-electron chi connectivity index (χ0n) is 14.4. The number of rotatable bonds is 8. The van der Waals surface area contributed by atoms with E-state index in [0.29, 0.717) is 17.2 Å². The van der Waals surface area contributed by atoms with Gasteiger partial charge in [0.15, 0.2) is 5.96 Å². The minimum atomic E-state index is -0.305. The lowest BCUT2D eigenvalue weighted by atomic mass is 10.3. The van der Waals surface area contributed by atoms with Crippen molar-refractivity contribution in [2.75, 3.05) is 32.2 Å². The first-order chi connectivity index (χ1) is 11.0. The predicted octanol–water partition coefficient (Wildman–Crippen LogP) is 2.61. The summed E-state index contributed by atoms with van der Waals surface area (Å²) in [7, 11) is 1.74. The van der Waals surface area contributed by atoms with Gasteiger partial charge >= 0.3 is 5.97 Å². The van der Waals surface area contributed by atoms with E-state index in [1.54, 1.807) is 14.0 Å². The van der Waals surface area contributed by atoms with E-state index < -0.39 is 0 Å². The molecule has 0 aromatic carbocycles. The van der Waals surface area contributed by atoms with E-state index in [-0.39, 0.29) is 12.0 Å². The summed E-state index contributed by atoms with van der Waals surface area (Å²) in [5, 5.41) is 7.42. The van der Waals surface area contributed by atoms with Gasteiger partial charge < -0.3 is 15.4 Å². The van der Waals surface area contributed by atoms with Crippen molar-refractivity contribution in [3.05, 3.63) is 15.6 Å². The number of hydrogen-bond acceptors (Lipinski definition) is 6. The number of carbonyl (C=O) groups excluding carboxylic acids is 1. The summed E-state index contributed by atoms with van der Waals surface area (Å²) in [6.07, 6.45) is 3.18. The third kappa shape index (κ3) is 6.39. The summed E-state index contributed by atoms with van der Waals surface area (Å²) in [6, 6.07) is -0.0337. The maximum Gasteiger partial charge on any atom is 0.350 e. The molecule has 0 aliphatic carbocycles. The van der Waals surface area contributed by atoms with Crippen LogP contribution in [0.25, 0.3) is 0 Å². The van der Waals surface area contributed by atoms with E-state index in [2.05, 4.69) is 26.9 Å². The highest BCUT2D eigenvalue weighted by molar-refractivity contribution is 7.98. The molecule has 0 aliphatic rings. The van der Waals surface area contributed by atoms with Crippen LogP contribution in [0.4, 0.5) is 0 Å². The van der Waals surface area contributed by atoms with Gasteiger partial charge in [0.1, 0.15) is 9.88 Å². The van der Waals surface area contributed by atoms with Crippen LogP contribution >= 0.6 is 23.1 Å². The number of aromatic nitrogens is 1. The molecule has 1 heterocycles. The molecule has 0 fully saturated rings. The maximum atomic E-state index is 11.9. The van der Waals surface area contributed by atoms with Crippen molar-refractivity contribution < 1.29 is 9.53 Å². The number of aliphatic imine (C=N–C) groups is 1. The topological polar surface area (TPSA) is 75.6 Å². The van der Waals surface area contributed by atoms with E-state index in [1.165, 1.54) is 11.3 Å². The summed E-state index contributed by atoms with van der Waals surface area (Å²) in [5.74, 6) is 1.55. The average molecular weight is 359 g/mol. The summed E-state index contributed by atoms with van der Waals surface area (Å²) in [5.41, 5.74) is 0.708. The van der Waals surface area contributed by atoms with Gasteiger partial charge in [-0.1, -0.05) is 0 Å². The van der Waals surface area contributed by atoms with Crippen molar-refractivity contribution >= 4 is 35.0 Å². The maximum absolute atomic E-state index is 11.9. The predicted molar refractivity (Wildman–Crippen MR) is 98.7 cm³/mol. The van der Waals surface area contributed by atoms with E-state index in [0.717, 1.165) is 29.7 Å². The fourth-order valence-corrected chi connectivity index (χ4v) is 3.27. The van der Waals surface area contributed by atoms with Crippen LogP contribution in [0.1, 0.15) is 46.7 Å². The Balaban J connectivity index is 2.64. The van der Waals surface area contributed by atoms with Crippen molar-refractivity contribution in [2.45, 2.75) is 33.2 Å². The first-order valence-electron chi connectivity index (χ1n) is 7.64. The fraction of sp³-hybridized carbons (Fsp3) is 0.667. The third-order valence-corrected chi connectivity index (χ3v) is 5.06. The second kappa shape index (κ2) is 10.5. The molecule has 1 rings (SSSR count). The molecule has 6 nitrogen and oxygen atoms in total. The molecule has 0 amide bonds. The molecule has 130 valence electrons. The average Bonchev–Trinajstić information content (AvgIpc) is 2.92. The fourth-order valence-electron chi connectivity index (χ4n) is 1.87. The van der Waals surface area contributed by atoms with E-state index in [1.807, 2.05) is 25.6 Å². The van der Waals surface area contributed by atoms with Crippen LogP contribution in [0, 0.1) is 6.92 Å². The molecule has 0 spiro atoms. The minimum absolute atomic E-state index is 0.0337. The molecule has 1 atom stereocenters. The summed E-state index contributed by atoms with van der Waals surface area (Å²) in [6.45, 7) is 6.87.